The van der Waals surface area contributed by atoms with Crippen molar-refractivity contribution in [3.8, 4) is 0 Å². The van der Waals surface area contributed by atoms with E-state index >= 15 is 0 Å². The molecule has 0 aromatic heterocycles. The highest BCUT2D eigenvalue weighted by atomic mass is 16.2. The molecule has 2 nitrogen and oxygen atoms in total. The van der Waals surface area contributed by atoms with Crippen molar-refractivity contribution in [3.63, 3.8) is 0 Å². The average Bonchev–Trinajstić information content (AvgIpc) is 2.27. The highest BCUT2D eigenvalue weighted by Gasteiger charge is 2.11. The minimum atomic E-state index is 0.0249. The topological polar surface area (TPSA) is 20.3 Å². The highest BCUT2D eigenvalue weighted by Crippen LogP contribution is 2.21. The average molecular weight is 215 g/mol. The van der Waals surface area contributed by atoms with Crippen molar-refractivity contribution in [2.24, 2.45) is 0 Å². The van der Waals surface area contributed by atoms with Crippen LogP contribution in [-0.4, -0.2) is 12.5 Å². The van der Waals surface area contributed by atoms with Crippen molar-refractivity contribution in [2.75, 3.05) is 11.4 Å². The Hall–Kier alpha value is -1.83. The molecule has 1 rings (SSSR count). The second-order valence-corrected chi connectivity index (χ2v) is 3.48. The summed E-state index contributed by atoms with van der Waals surface area (Å²) < 4.78 is 0. The Bertz CT molecular complexity index is 407. The Morgan fingerprint density at radius 1 is 1.44 bits per heavy atom. The van der Waals surface area contributed by atoms with Gasteiger partial charge < -0.3 is 4.90 Å². The second kappa shape index (κ2) is 5.91. The molecule has 0 spiro atoms. The summed E-state index contributed by atoms with van der Waals surface area (Å²) in [6, 6.07) is 7.83. The minimum Gasteiger partial charge on any atom is -0.308 e. The second-order valence-electron chi connectivity index (χ2n) is 3.48. The van der Waals surface area contributed by atoms with Crippen LogP contribution in [0.1, 0.15) is 19.4 Å². The zero-order valence-electron chi connectivity index (χ0n) is 9.81. The summed E-state index contributed by atoms with van der Waals surface area (Å²) in [4.78, 5) is 13.3. The lowest BCUT2D eigenvalue weighted by atomic mass is 10.1. The predicted molar refractivity (Wildman–Crippen MR) is 69.4 cm³/mol. The van der Waals surface area contributed by atoms with Gasteiger partial charge >= 0.3 is 0 Å². The van der Waals surface area contributed by atoms with Crippen LogP contribution < -0.4 is 4.90 Å². The molecule has 84 valence electrons. The molecule has 0 fully saturated rings. The van der Waals surface area contributed by atoms with Crippen molar-refractivity contribution in [1.82, 2.24) is 0 Å². The highest BCUT2D eigenvalue weighted by molar-refractivity contribution is 5.94. The quantitative estimate of drug-likeness (QED) is 0.706. The molecular weight excluding hydrogens is 198 g/mol. The van der Waals surface area contributed by atoms with E-state index < -0.39 is 0 Å². The molecule has 0 bridgehead atoms. The van der Waals surface area contributed by atoms with Crippen LogP contribution in [0.15, 0.2) is 43.0 Å². The lowest BCUT2D eigenvalue weighted by molar-refractivity contribution is -0.116. The van der Waals surface area contributed by atoms with E-state index in [9.17, 15) is 4.79 Å². The first-order chi connectivity index (χ1) is 7.70. The van der Waals surface area contributed by atoms with Crippen LogP contribution in [0, 0.1) is 0 Å². The summed E-state index contributed by atoms with van der Waals surface area (Å²) >= 11 is 0. The first-order valence-electron chi connectivity index (χ1n) is 5.31. The van der Waals surface area contributed by atoms with Crippen LogP contribution >= 0.6 is 0 Å². The van der Waals surface area contributed by atoms with Gasteiger partial charge in [-0.3, -0.25) is 4.79 Å². The van der Waals surface area contributed by atoms with E-state index in [-0.39, 0.29) is 5.91 Å². The van der Waals surface area contributed by atoms with Gasteiger partial charge in [0.05, 0.1) is 5.69 Å². The Kier molecular flexibility index (Phi) is 4.52. The summed E-state index contributed by atoms with van der Waals surface area (Å²) in [5, 5.41) is 0. The summed E-state index contributed by atoms with van der Waals surface area (Å²) in [5.74, 6) is 0.0249. The van der Waals surface area contributed by atoms with Gasteiger partial charge in [-0.1, -0.05) is 36.4 Å². The molecule has 0 radical (unpaired) electrons. The fourth-order valence-electron chi connectivity index (χ4n) is 1.58. The Morgan fingerprint density at radius 2 is 2.12 bits per heavy atom. The zero-order chi connectivity index (χ0) is 12.0. The number of carbonyl (C=O) groups excluding carboxylic acids is 1. The molecule has 0 saturated heterocycles. The molecule has 16 heavy (non-hydrogen) atoms. The van der Waals surface area contributed by atoms with Gasteiger partial charge in [-0.25, -0.2) is 0 Å². The summed E-state index contributed by atoms with van der Waals surface area (Å²) in [6.45, 7) is 7.73. The number of nitrogens with zero attached hydrogens (tertiary/aromatic N) is 1. The molecule has 1 amide bonds. The lowest BCUT2D eigenvalue weighted by Gasteiger charge is -2.21. The van der Waals surface area contributed by atoms with Gasteiger partial charge in [0.15, 0.2) is 0 Å². The molecule has 0 N–H and O–H groups in total. The van der Waals surface area contributed by atoms with Crippen LogP contribution in [0.3, 0.4) is 0 Å². The normalized spacial score (nSPS) is 10.4. The lowest BCUT2D eigenvalue weighted by Crippen LogP contribution is -2.28. The van der Waals surface area contributed by atoms with Crippen molar-refractivity contribution in [1.29, 1.82) is 0 Å². The number of hydrogen-bond donors (Lipinski definition) is 0. The molecule has 0 unspecified atom stereocenters. The number of carbonyl (C=O) groups is 1. The number of amides is 1. The van der Waals surface area contributed by atoms with Crippen LogP contribution in [0.25, 0.3) is 6.08 Å². The Morgan fingerprint density at radius 3 is 2.69 bits per heavy atom. The van der Waals surface area contributed by atoms with E-state index in [0.29, 0.717) is 6.54 Å². The third kappa shape index (κ3) is 2.83. The maximum atomic E-state index is 11.5. The Labute approximate surface area is 96.9 Å². The summed E-state index contributed by atoms with van der Waals surface area (Å²) in [6.07, 6.45) is 5.69. The number of anilines is 1. The van der Waals surface area contributed by atoms with Crippen molar-refractivity contribution in [3.05, 3.63) is 48.6 Å². The van der Waals surface area contributed by atoms with Crippen LogP contribution in [0.2, 0.25) is 0 Å². The smallest absolute Gasteiger partial charge is 0.224 e. The van der Waals surface area contributed by atoms with Gasteiger partial charge in [-0.2, -0.15) is 0 Å². The largest absolute Gasteiger partial charge is 0.308 e. The van der Waals surface area contributed by atoms with Crippen molar-refractivity contribution in [2.45, 2.75) is 13.8 Å². The van der Waals surface area contributed by atoms with Gasteiger partial charge in [0.1, 0.15) is 0 Å². The van der Waals surface area contributed by atoms with E-state index in [1.807, 2.05) is 43.3 Å². The molecule has 0 heterocycles. The van der Waals surface area contributed by atoms with Crippen molar-refractivity contribution < 1.29 is 4.79 Å². The zero-order valence-corrected chi connectivity index (χ0v) is 9.81. The SMILES string of the molecule is C=CCN(C(C)=O)c1ccccc1/C=C/C. The molecule has 2 heteroatoms. The van der Waals surface area contributed by atoms with Gasteiger partial charge in [-0.05, 0) is 18.6 Å². The maximum Gasteiger partial charge on any atom is 0.224 e. The van der Waals surface area contributed by atoms with Gasteiger partial charge in [0.2, 0.25) is 5.91 Å². The molecule has 0 aliphatic heterocycles. The third-order valence-electron chi connectivity index (χ3n) is 2.27. The van der Waals surface area contributed by atoms with Crippen LogP contribution in [0.4, 0.5) is 5.69 Å². The molecule has 0 aliphatic carbocycles. The van der Waals surface area contributed by atoms with E-state index in [2.05, 4.69) is 6.58 Å². The van der Waals surface area contributed by atoms with Gasteiger partial charge in [0.25, 0.3) is 0 Å². The summed E-state index contributed by atoms with van der Waals surface area (Å²) in [5.41, 5.74) is 1.97. The number of rotatable bonds is 4. The molecule has 0 saturated carbocycles. The standard InChI is InChI=1S/C14H17NO/c1-4-8-13-9-6-7-10-14(13)15(11-5-2)12(3)16/h4-10H,2,11H2,1,3H3/b8-4+. The number of allylic oxidation sites excluding steroid dienone is 1. The first-order valence-corrected chi connectivity index (χ1v) is 5.31. The number of hydrogen-bond acceptors (Lipinski definition) is 1. The maximum absolute atomic E-state index is 11.5. The fourth-order valence-corrected chi connectivity index (χ4v) is 1.58. The van der Waals surface area contributed by atoms with E-state index in [0.717, 1.165) is 11.3 Å². The van der Waals surface area contributed by atoms with Crippen LogP contribution in [-0.2, 0) is 4.79 Å². The Balaban J connectivity index is 3.17. The third-order valence-corrected chi connectivity index (χ3v) is 2.27. The fraction of sp³-hybridized carbons (Fsp3) is 0.214. The molecule has 0 atom stereocenters. The van der Waals surface area contributed by atoms with Gasteiger partial charge in [-0.15, -0.1) is 6.58 Å². The molecule has 1 aromatic rings. The molecule has 0 aliphatic rings. The molecule has 1 aromatic carbocycles. The molecular formula is C14H17NO. The number of benzene rings is 1. The van der Waals surface area contributed by atoms with E-state index in [4.69, 9.17) is 0 Å². The summed E-state index contributed by atoms with van der Waals surface area (Å²) in [7, 11) is 0. The van der Waals surface area contributed by atoms with E-state index in [1.165, 1.54) is 0 Å². The van der Waals surface area contributed by atoms with Crippen LogP contribution in [0.5, 0.6) is 0 Å². The van der Waals surface area contributed by atoms with Gasteiger partial charge in [0, 0.05) is 13.5 Å². The monoisotopic (exact) mass is 215 g/mol. The first kappa shape index (κ1) is 12.2. The number of para-hydroxylation sites is 1. The van der Waals surface area contributed by atoms with Crippen molar-refractivity contribution >= 4 is 17.7 Å². The predicted octanol–water partition coefficient (Wildman–Crippen LogP) is 3.26. The van der Waals surface area contributed by atoms with E-state index in [1.54, 1.807) is 17.9 Å². The minimum absolute atomic E-state index is 0.0249.